The largest absolute Gasteiger partial charge is 0.466 e. The van der Waals surface area contributed by atoms with Gasteiger partial charge in [0.05, 0.1) is 24.5 Å². The second-order valence-electron chi connectivity index (χ2n) is 6.80. The van der Waals surface area contributed by atoms with Crippen LogP contribution in [-0.2, 0) is 23.8 Å². The molecule has 0 N–H and O–H groups in total. The Hall–Kier alpha value is -1.79. The normalized spacial score (nSPS) is 24.3. The van der Waals surface area contributed by atoms with Crippen molar-refractivity contribution in [2.45, 2.75) is 47.1 Å². The van der Waals surface area contributed by atoms with E-state index in [4.69, 9.17) is 14.2 Å². The van der Waals surface area contributed by atoms with Crippen molar-refractivity contribution in [2.75, 3.05) is 26.3 Å². The summed E-state index contributed by atoms with van der Waals surface area (Å²) < 4.78 is 15.5. The van der Waals surface area contributed by atoms with Gasteiger partial charge < -0.3 is 19.1 Å². The third-order valence-electron chi connectivity index (χ3n) is 3.66. The highest BCUT2D eigenvalue weighted by atomic mass is 16.6. The summed E-state index contributed by atoms with van der Waals surface area (Å²) in [5, 5.41) is 0. The second-order valence-corrected chi connectivity index (χ2v) is 6.80. The van der Waals surface area contributed by atoms with Crippen LogP contribution in [0.2, 0.25) is 0 Å². The molecule has 0 aromatic rings. The van der Waals surface area contributed by atoms with Crippen molar-refractivity contribution in [1.82, 2.24) is 4.90 Å². The average Bonchev–Trinajstić information content (AvgIpc) is 2.77. The smallest absolute Gasteiger partial charge is 0.410 e. The van der Waals surface area contributed by atoms with Gasteiger partial charge in [-0.05, 0) is 41.5 Å². The Bertz CT molecular complexity index is 470. The number of hydrogen-bond acceptors (Lipinski definition) is 6. The number of carbonyl (C=O) groups is 3. The highest BCUT2D eigenvalue weighted by Gasteiger charge is 2.55. The number of rotatable bonds is 4. The van der Waals surface area contributed by atoms with E-state index in [2.05, 4.69) is 0 Å². The van der Waals surface area contributed by atoms with Crippen molar-refractivity contribution in [3.63, 3.8) is 0 Å². The molecule has 0 radical (unpaired) electrons. The molecule has 0 spiro atoms. The lowest BCUT2D eigenvalue weighted by Gasteiger charge is -2.27. The first kappa shape index (κ1) is 19.3. The molecule has 0 aromatic carbocycles. The fourth-order valence-corrected chi connectivity index (χ4v) is 2.54. The fraction of sp³-hybridized carbons (Fsp3) is 0.812. The van der Waals surface area contributed by atoms with Crippen LogP contribution in [0.25, 0.3) is 0 Å². The molecular formula is C16H27NO6. The molecule has 0 saturated carbocycles. The van der Waals surface area contributed by atoms with Crippen molar-refractivity contribution >= 4 is 18.0 Å². The predicted octanol–water partition coefficient (Wildman–Crippen LogP) is 1.99. The topological polar surface area (TPSA) is 82.1 Å². The molecule has 132 valence electrons. The Kier molecular flexibility index (Phi) is 6.02. The molecule has 1 saturated heterocycles. The average molecular weight is 329 g/mol. The van der Waals surface area contributed by atoms with Gasteiger partial charge in [0.15, 0.2) is 0 Å². The first-order chi connectivity index (χ1) is 10.5. The van der Waals surface area contributed by atoms with Gasteiger partial charge in [0.25, 0.3) is 0 Å². The van der Waals surface area contributed by atoms with E-state index >= 15 is 0 Å². The van der Waals surface area contributed by atoms with Crippen molar-refractivity contribution in [3.8, 4) is 0 Å². The molecule has 1 heterocycles. The Morgan fingerprint density at radius 1 is 1.13 bits per heavy atom. The van der Waals surface area contributed by atoms with Crippen molar-refractivity contribution in [1.29, 1.82) is 0 Å². The van der Waals surface area contributed by atoms with E-state index in [1.165, 1.54) is 4.90 Å². The van der Waals surface area contributed by atoms with Crippen LogP contribution < -0.4 is 0 Å². The maximum atomic E-state index is 12.3. The number of likely N-dealkylation sites (tertiary alicyclic amines) is 1. The molecule has 7 nitrogen and oxygen atoms in total. The van der Waals surface area contributed by atoms with E-state index in [0.29, 0.717) is 0 Å². The Labute approximate surface area is 137 Å². The van der Waals surface area contributed by atoms with Gasteiger partial charge in [0.1, 0.15) is 5.60 Å². The van der Waals surface area contributed by atoms with Crippen LogP contribution in [0.5, 0.6) is 0 Å². The van der Waals surface area contributed by atoms with E-state index in [0.717, 1.165) is 0 Å². The van der Waals surface area contributed by atoms with Crippen LogP contribution in [0.3, 0.4) is 0 Å². The predicted molar refractivity (Wildman–Crippen MR) is 82.7 cm³/mol. The Morgan fingerprint density at radius 3 is 2.17 bits per heavy atom. The number of nitrogens with zero attached hydrogens (tertiary/aromatic N) is 1. The Morgan fingerprint density at radius 2 is 1.70 bits per heavy atom. The van der Waals surface area contributed by atoms with Gasteiger partial charge in [-0.1, -0.05) is 0 Å². The summed E-state index contributed by atoms with van der Waals surface area (Å²) in [6.07, 6.45) is -0.556. The van der Waals surface area contributed by atoms with Crippen molar-refractivity contribution < 1.29 is 28.6 Å². The van der Waals surface area contributed by atoms with E-state index < -0.39 is 35.0 Å². The first-order valence-electron chi connectivity index (χ1n) is 7.87. The molecule has 1 amide bonds. The summed E-state index contributed by atoms with van der Waals surface area (Å²) >= 11 is 0. The van der Waals surface area contributed by atoms with E-state index in [9.17, 15) is 14.4 Å². The summed E-state index contributed by atoms with van der Waals surface area (Å²) in [6.45, 7) is 10.8. The molecule has 0 bridgehead atoms. The number of hydrogen-bond donors (Lipinski definition) is 0. The van der Waals surface area contributed by atoms with E-state index in [1.807, 2.05) is 0 Å². The van der Waals surface area contributed by atoms with Crippen LogP contribution in [0.1, 0.15) is 41.5 Å². The monoisotopic (exact) mass is 329 g/mol. The van der Waals surface area contributed by atoms with Crippen molar-refractivity contribution in [3.05, 3.63) is 0 Å². The number of esters is 2. The summed E-state index contributed by atoms with van der Waals surface area (Å²) in [4.78, 5) is 38.2. The quantitative estimate of drug-likeness (QED) is 0.579. The molecule has 1 fully saturated rings. The number of ether oxygens (including phenoxy) is 3. The minimum absolute atomic E-state index is 0.0597. The van der Waals surface area contributed by atoms with Gasteiger partial charge in [0.2, 0.25) is 0 Å². The first-order valence-corrected chi connectivity index (χ1v) is 7.87. The Balaban J connectivity index is 3.00. The molecule has 0 aromatic heterocycles. The zero-order valence-corrected chi connectivity index (χ0v) is 14.8. The lowest BCUT2D eigenvalue weighted by atomic mass is 9.80. The lowest BCUT2D eigenvalue weighted by molar-refractivity contribution is -0.164. The molecule has 1 rings (SSSR count). The molecule has 0 aliphatic carbocycles. The second kappa shape index (κ2) is 7.19. The van der Waals surface area contributed by atoms with E-state index in [1.54, 1.807) is 41.5 Å². The van der Waals surface area contributed by atoms with Gasteiger partial charge >= 0.3 is 18.0 Å². The molecule has 7 heteroatoms. The highest BCUT2D eigenvalue weighted by Crippen LogP contribution is 2.38. The third-order valence-corrected chi connectivity index (χ3v) is 3.66. The van der Waals surface area contributed by atoms with Gasteiger partial charge in [-0.3, -0.25) is 9.59 Å². The van der Waals surface area contributed by atoms with Gasteiger partial charge in [-0.2, -0.15) is 0 Å². The van der Waals surface area contributed by atoms with Crippen LogP contribution in [0.4, 0.5) is 4.79 Å². The zero-order valence-electron chi connectivity index (χ0n) is 14.8. The molecule has 23 heavy (non-hydrogen) atoms. The van der Waals surface area contributed by atoms with Crippen LogP contribution >= 0.6 is 0 Å². The molecule has 2 unspecified atom stereocenters. The van der Waals surface area contributed by atoms with Gasteiger partial charge in [-0.15, -0.1) is 0 Å². The minimum Gasteiger partial charge on any atom is -0.466 e. The minimum atomic E-state index is -1.14. The summed E-state index contributed by atoms with van der Waals surface area (Å²) in [6, 6.07) is 0. The van der Waals surface area contributed by atoms with Crippen LogP contribution in [0, 0.1) is 11.3 Å². The fourth-order valence-electron chi connectivity index (χ4n) is 2.54. The van der Waals surface area contributed by atoms with E-state index in [-0.39, 0.29) is 26.3 Å². The van der Waals surface area contributed by atoms with Crippen molar-refractivity contribution in [2.24, 2.45) is 11.3 Å². The standard InChI is InChI=1S/C16H27NO6/c1-7-21-12(18)11-9-17(14(20)23-15(3,4)5)10-16(11,6)13(19)22-8-2/h11H,7-10H2,1-6H3. The van der Waals surface area contributed by atoms with Crippen LogP contribution in [0.15, 0.2) is 0 Å². The third kappa shape index (κ3) is 4.59. The molecule has 1 aliphatic heterocycles. The number of amides is 1. The van der Waals surface area contributed by atoms with Crippen LogP contribution in [-0.4, -0.2) is 54.8 Å². The summed E-state index contributed by atoms with van der Waals surface area (Å²) in [5.74, 6) is -1.78. The maximum absolute atomic E-state index is 12.3. The SMILES string of the molecule is CCOC(=O)C1CN(C(=O)OC(C)(C)C)CC1(C)C(=O)OCC. The molecule has 2 atom stereocenters. The summed E-state index contributed by atoms with van der Waals surface area (Å²) in [5.41, 5.74) is -1.79. The molecule has 1 aliphatic rings. The lowest BCUT2D eigenvalue weighted by Crippen LogP contribution is -2.42. The zero-order chi connectivity index (χ0) is 17.8. The maximum Gasteiger partial charge on any atom is 0.410 e. The van der Waals surface area contributed by atoms with Gasteiger partial charge in [0, 0.05) is 13.1 Å². The number of carbonyl (C=O) groups excluding carboxylic acids is 3. The highest BCUT2D eigenvalue weighted by molar-refractivity contribution is 5.87. The van der Waals surface area contributed by atoms with Gasteiger partial charge in [-0.25, -0.2) is 4.79 Å². The summed E-state index contributed by atoms with van der Waals surface area (Å²) in [7, 11) is 0. The molecular weight excluding hydrogens is 302 g/mol.